The predicted octanol–water partition coefficient (Wildman–Crippen LogP) is 5.22. The fourth-order valence-electron chi connectivity index (χ4n) is 3.68. The Morgan fingerprint density at radius 3 is 2.86 bits per heavy atom. The van der Waals surface area contributed by atoms with Crippen molar-refractivity contribution in [1.29, 1.82) is 0 Å². The standard InChI is InChI=1S/C18H27ClFN/c1-3-13-7-5-8-14(11-13)17(21-4-2)12-15-9-6-10-16(20)18(15)19/h6,9-10,13-14,17,21H,3-5,7-8,11-12H2,1-2H3. The van der Waals surface area contributed by atoms with Crippen molar-refractivity contribution >= 4 is 11.6 Å². The number of rotatable bonds is 6. The van der Waals surface area contributed by atoms with Gasteiger partial charge in [-0.1, -0.05) is 56.8 Å². The first kappa shape index (κ1) is 16.8. The van der Waals surface area contributed by atoms with Crippen LogP contribution in [-0.2, 0) is 6.42 Å². The molecule has 0 aliphatic heterocycles. The Hall–Kier alpha value is -0.600. The zero-order valence-corrected chi connectivity index (χ0v) is 13.9. The van der Waals surface area contributed by atoms with E-state index in [2.05, 4.69) is 19.2 Å². The summed E-state index contributed by atoms with van der Waals surface area (Å²) in [7, 11) is 0. The Morgan fingerprint density at radius 2 is 2.14 bits per heavy atom. The number of nitrogens with one attached hydrogen (secondary N) is 1. The normalized spacial score (nSPS) is 24.0. The van der Waals surface area contributed by atoms with Crippen LogP contribution >= 0.6 is 11.6 Å². The van der Waals surface area contributed by atoms with Crippen molar-refractivity contribution in [2.24, 2.45) is 11.8 Å². The van der Waals surface area contributed by atoms with Gasteiger partial charge < -0.3 is 5.32 Å². The molecule has 3 heteroatoms. The van der Waals surface area contributed by atoms with Gasteiger partial charge in [0.25, 0.3) is 0 Å². The van der Waals surface area contributed by atoms with Gasteiger partial charge in [-0.15, -0.1) is 0 Å². The Morgan fingerprint density at radius 1 is 1.33 bits per heavy atom. The highest BCUT2D eigenvalue weighted by atomic mass is 35.5. The highest BCUT2D eigenvalue weighted by molar-refractivity contribution is 6.31. The van der Waals surface area contributed by atoms with Gasteiger partial charge in [-0.05, 0) is 49.3 Å². The summed E-state index contributed by atoms with van der Waals surface area (Å²) >= 11 is 6.13. The summed E-state index contributed by atoms with van der Waals surface area (Å²) < 4.78 is 13.6. The van der Waals surface area contributed by atoms with Crippen molar-refractivity contribution in [3.63, 3.8) is 0 Å². The maximum absolute atomic E-state index is 13.6. The molecular formula is C18H27ClFN. The maximum atomic E-state index is 13.6. The van der Waals surface area contributed by atoms with Gasteiger partial charge in [0.15, 0.2) is 0 Å². The molecule has 1 aliphatic rings. The summed E-state index contributed by atoms with van der Waals surface area (Å²) in [6.45, 7) is 5.38. The molecule has 1 aromatic carbocycles. The Labute approximate surface area is 133 Å². The summed E-state index contributed by atoms with van der Waals surface area (Å²) in [6, 6.07) is 5.55. The van der Waals surface area contributed by atoms with Gasteiger partial charge in [0, 0.05) is 6.04 Å². The van der Waals surface area contributed by atoms with E-state index in [1.807, 2.05) is 6.07 Å². The molecule has 1 aromatic rings. The first-order chi connectivity index (χ1) is 10.2. The average molecular weight is 312 g/mol. The predicted molar refractivity (Wildman–Crippen MR) is 88.3 cm³/mol. The first-order valence-electron chi connectivity index (χ1n) is 8.31. The van der Waals surface area contributed by atoms with Crippen LogP contribution in [0.3, 0.4) is 0 Å². The molecule has 1 N–H and O–H groups in total. The molecule has 0 heterocycles. The summed E-state index contributed by atoms with van der Waals surface area (Å²) in [5.41, 5.74) is 0.932. The third-order valence-corrected chi connectivity index (χ3v) is 5.33. The SMILES string of the molecule is CCNC(Cc1cccc(F)c1Cl)C1CCCC(CC)C1. The van der Waals surface area contributed by atoms with E-state index in [4.69, 9.17) is 11.6 Å². The van der Waals surface area contributed by atoms with E-state index in [9.17, 15) is 4.39 Å². The van der Waals surface area contributed by atoms with Crippen molar-refractivity contribution in [3.05, 3.63) is 34.6 Å². The molecular weight excluding hydrogens is 285 g/mol. The minimum atomic E-state index is -0.306. The number of benzene rings is 1. The summed E-state index contributed by atoms with van der Waals surface area (Å²) in [5, 5.41) is 3.91. The molecule has 0 radical (unpaired) electrons. The molecule has 0 bridgehead atoms. The first-order valence-corrected chi connectivity index (χ1v) is 8.69. The van der Waals surface area contributed by atoms with E-state index in [0.29, 0.717) is 17.0 Å². The third-order valence-electron chi connectivity index (χ3n) is 4.91. The fraction of sp³-hybridized carbons (Fsp3) is 0.667. The Balaban J connectivity index is 2.09. The van der Waals surface area contributed by atoms with E-state index in [0.717, 1.165) is 24.4 Å². The lowest BCUT2D eigenvalue weighted by atomic mass is 9.75. The second-order valence-corrected chi connectivity index (χ2v) is 6.66. The quantitative estimate of drug-likeness (QED) is 0.760. The number of likely N-dealkylation sites (N-methyl/N-ethyl adjacent to an activating group) is 1. The van der Waals surface area contributed by atoms with Crippen LogP contribution in [0.5, 0.6) is 0 Å². The highest BCUT2D eigenvalue weighted by Gasteiger charge is 2.28. The largest absolute Gasteiger partial charge is 0.314 e. The second-order valence-electron chi connectivity index (χ2n) is 6.28. The summed E-state index contributed by atoms with van der Waals surface area (Å²) in [6.07, 6.45) is 7.36. The lowest BCUT2D eigenvalue weighted by molar-refractivity contribution is 0.208. The van der Waals surface area contributed by atoms with Crippen molar-refractivity contribution in [1.82, 2.24) is 5.32 Å². The molecule has 1 fully saturated rings. The molecule has 0 spiro atoms. The van der Waals surface area contributed by atoms with Crippen molar-refractivity contribution in [3.8, 4) is 0 Å². The summed E-state index contributed by atoms with van der Waals surface area (Å²) in [4.78, 5) is 0. The molecule has 3 unspecified atom stereocenters. The number of hydrogen-bond donors (Lipinski definition) is 1. The van der Waals surface area contributed by atoms with Crippen LogP contribution in [-0.4, -0.2) is 12.6 Å². The minimum Gasteiger partial charge on any atom is -0.314 e. The minimum absolute atomic E-state index is 0.295. The van der Waals surface area contributed by atoms with Crippen molar-refractivity contribution in [2.45, 2.75) is 58.4 Å². The smallest absolute Gasteiger partial charge is 0.142 e. The van der Waals surface area contributed by atoms with E-state index in [1.165, 1.54) is 38.2 Å². The van der Waals surface area contributed by atoms with Gasteiger partial charge in [-0.25, -0.2) is 4.39 Å². The molecule has 0 amide bonds. The van der Waals surface area contributed by atoms with Gasteiger partial charge >= 0.3 is 0 Å². The zero-order chi connectivity index (χ0) is 15.2. The molecule has 21 heavy (non-hydrogen) atoms. The van der Waals surface area contributed by atoms with Crippen LogP contribution in [0.4, 0.5) is 4.39 Å². The van der Waals surface area contributed by atoms with Crippen LogP contribution in [0.1, 0.15) is 51.5 Å². The highest BCUT2D eigenvalue weighted by Crippen LogP contribution is 2.34. The van der Waals surface area contributed by atoms with E-state index < -0.39 is 0 Å². The number of hydrogen-bond acceptors (Lipinski definition) is 1. The molecule has 2 rings (SSSR count). The van der Waals surface area contributed by atoms with Crippen LogP contribution in [0.2, 0.25) is 5.02 Å². The third kappa shape index (κ3) is 4.43. The fourth-order valence-corrected chi connectivity index (χ4v) is 3.88. The van der Waals surface area contributed by atoms with E-state index in [1.54, 1.807) is 6.07 Å². The van der Waals surface area contributed by atoms with Gasteiger partial charge in [0.05, 0.1) is 5.02 Å². The van der Waals surface area contributed by atoms with Gasteiger partial charge in [0.1, 0.15) is 5.82 Å². The molecule has 3 atom stereocenters. The summed E-state index contributed by atoms with van der Waals surface area (Å²) in [5.74, 6) is 1.23. The Kier molecular flexibility index (Phi) is 6.50. The van der Waals surface area contributed by atoms with Crippen LogP contribution in [0, 0.1) is 17.7 Å². The lowest BCUT2D eigenvalue weighted by Crippen LogP contribution is -2.40. The molecule has 0 saturated heterocycles. The average Bonchev–Trinajstić information content (AvgIpc) is 2.51. The van der Waals surface area contributed by atoms with Crippen LogP contribution in [0.15, 0.2) is 18.2 Å². The number of halogens is 2. The van der Waals surface area contributed by atoms with Crippen LogP contribution in [0.25, 0.3) is 0 Å². The van der Waals surface area contributed by atoms with Crippen molar-refractivity contribution in [2.75, 3.05) is 6.54 Å². The van der Waals surface area contributed by atoms with Gasteiger partial charge in [0.2, 0.25) is 0 Å². The van der Waals surface area contributed by atoms with Gasteiger partial charge in [-0.2, -0.15) is 0 Å². The maximum Gasteiger partial charge on any atom is 0.142 e. The molecule has 1 aliphatic carbocycles. The Bertz CT molecular complexity index is 449. The van der Waals surface area contributed by atoms with Gasteiger partial charge in [-0.3, -0.25) is 0 Å². The monoisotopic (exact) mass is 311 g/mol. The van der Waals surface area contributed by atoms with Crippen molar-refractivity contribution < 1.29 is 4.39 Å². The molecule has 0 aromatic heterocycles. The second kappa shape index (κ2) is 8.14. The lowest BCUT2D eigenvalue weighted by Gasteiger charge is -2.35. The molecule has 118 valence electrons. The molecule has 1 nitrogen and oxygen atoms in total. The molecule has 1 saturated carbocycles. The zero-order valence-electron chi connectivity index (χ0n) is 13.2. The topological polar surface area (TPSA) is 12.0 Å². The van der Waals surface area contributed by atoms with Crippen LogP contribution < -0.4 is 5.32 Å². The van der Waals surface area contributed by atoms with E-state index in [-0.39, 0.29) is 5.82 Å². The van der Waals surface area contributed by atoms with E-state index >= 15 is 0 Å².